The minimum atomic E-state index is 0.583. The second-order valence-corrected chi connectivity index (χ2v) is 5.18. The molecule has 18 heavy (non-hydrogen) atoms. The Labute approximate surface area is 119 Å². The zero-order valence-corrected chi connectivity index (χ0v) is 12.6. The topological polar surface area (TPSA) is 56.7 Å². The maximum absolute atomic E-state index is 6.09. The number of hydrogen-bond acceptors (Lipinski definition) is 3. The number of aryl methyl sites for hydroxylation is 1. The molecule has 0 saturated heterocycles. The van der Waals surface area contributed by atoms with Gasteiger partial charge in [0.25, 0.3) is 0 Å². The largest absolute Gasteiger partial charge is 0.396 e. The van der Waals surface area contributed by atoms with Gasteiger partial charge in [-0.3, -0.25) is 0 Å². The van der Waals surface area contributed by atoms with Crippen LogP contribution in [-0.4, -0.2) is 14.8 Å². The van der Waals surface area contributed by atoms with Crippen LogP contribution in [0, 0.1) is 0 Å². The van der Waals surface area contributed by atoms with E-state index in [1.54, 1.807) is 16.9 Å². The first-order valence-corrected chi connectivity index (χ1v) is 6.93. The van der Waals surface area contributed by atoms with E-state index in [1.807, 2.05) is 13.8 Å². The van der Waals surface area contributed by atoms with Gasteiger partial charge in [-0.15, -0.1) is 0 Å². The number of nitrogens with two attached hydrogens (primary N) is 1. The van der Waals surface area contributed by atoms with Crippen molar-refractivity contribution in [3.05, 3.63) is 33.1 Å². The second kappa shape index (κ2) is 5.28. The van der Waals surface area contributed by atoms with Crippen LogP contribution in [-0.2, 0) is 12.8 Å². The second-order valence-electron chi connectivity index (χ2n) is 3.88. The lowest BCUT2D eigenvalue weighted by atomic mass is 10.2. The van der Waals surface area contributed by atoms with E-state index >= 15 is 0 Å². The zero-order chi connectivity index (χ0) is 13.3. The van der Waals surface area contributed by atoms with Crippen molar-refractivity contribution in [2.75, 3.05) is 5.73 Å². The summed E-state index contributed by atoms with van der Waals surface area (Å²) in [6, 6.07) is 1.80. The van der Waals surface area contributed by atoms with Crippen LogP contribution >= 0.6 is 27.5 Å². The summed E-state index contributed by atoms with van der Waals surface area (Å²) in [4.78, 5) is 4.31. The van der Waals surface area contributed by atoms with Crippen molar-refractivity contribution in [1.29, 1.82) is 0 Å². The number of rotatable bonds is 3. The van der Waals surface area contributed by atoms with Crippen LogP contribution in [0.15, 0.2) is 16.7 Å². The van der Waals surface area contributed by atoms with E-state index < -0.39 is 0 Å². The first-order chi connectivity index (χ1) is 8.58. The third kappa shape index (κ3) is 2.24. The average Bonchev–Trinajstić information content (AvgIpc) is 2.65. The minimum absolute atomic E-state index is 0.583. The highest BCUT2D eigenvalue weighted by molar-refractivity contribution is 9.10. The molecule has 0 amide bonds. The van der Waals surface area contributed by atoms with Crippen LogP contribution in [0.4, 0.5) is 5.69 Å². The zero-order valence-electron chi connectivity index (χ0n) is 10.2. The molecule has 0 aromatic carbocycles. The fraction of sp³-hybridized carbons (Fsp3) is 0.333. The molecule has 0 aliphatic rings. The van der Waals surface area contributed by atoms with Crippen LogP contribution in [0.5, 0.6) is 0 Å². The molecule has 0 aliphatic heterocycles. The summed E-state index contributed by atoms with van der Waals surface area (Å²) in [5.41, 5.74) is 8.72. The van der Waals surface area contributed by atoms with Crippen molar-refractivity contribution in [1.82, 2.24) is 14.8 Å². The smallest absolute Gasteiger partial charge is 0.168 e. The molecule has 2 rings (SSSR count). The van der Waals surface area contributed by atoms with Gasteiger partial charge in [0, 0.05) is 6.20 Å². The molecule has 0 saturated carbocycles. The summed E-state index contributed by atoms with van der Waals surface area (Å²) in [5, 5.41) is 5.10. The normalized spacial score (nSPS) is 10.9. The van der Waals surface area contributed by atoms with Crippen molar-refractivity contribution >= 4 is 33.2 Å². The lowest BCUT2D eigenvalue weighted by molar-refractivity contribution is 0.769. The number of nitrogen functional groups attached to an aromatic ring is 1. The van der Waals surface area contributed by atoms with Gasteiger partial charge in [-0.25, -0.2) is 9.67 Å². The molecule has 2 N–H and O–H groups in total. The fourth-order valence-electron chi connectivity index (χ4n) is 1.86. The standard InChI is InChI=1S/C12H14BrClN4/c1-3-9-11(15)10(4-2)18(17-9)12-8(13)5-7(14)6-16-12/h5-6H,3-4,15H2,1-2H3. The van der Waals surface area contributed by atoms with Crippen LogP contribution in [0.2, 0.25) is 5.02 Å². The molecular formula is C12H14BrClN4. The van der Waals surface area contributed by atoms with Crippen molar-refractivity contribution < 1.29 is 0 Å². The van der Waals surface area contributed by atoms with Gasteiger partial charge in [-0.1, -0.05) is 25.4 Å². The number of nitrogens with zero attached hydrogens (tertiary/aromatic N) is 3. The molecule has 0 spiro atoms. The molecule has 0 atom stereocenters. The summed E-state index contributed by atoms with van der Waals surface area (Å²) in [5.74, 6) is 0.711. The summed E-state index contributed by atoms with van der Waals surface area (Å²) < 4.78 is 2.59. The van der Waals surface area contributed by atoms with Crippen LogP contribution in [0.1, 0.15) is 25.2 Å². The molecule has 96 valence electrons. The summed E-state index contributed by atoms with van der Waals surface area (Å²) >= 11 is 9.35. The Kier molecular flexibility index (Phi) is 3.92. The molecule has 6 heteroatoms. The number of aromatic nitrogens is 3. The molecule has 0 fully saturated rings. The summed E-state index contributed by atoms with van der Waals surface area (Å²) in [7, 11) is 0. The Morgan fingerprint density at radius 1 is 1.39 bits per heavy atom. The highest BCUT2D eigenvalue weighted by Gasteiger charge is 2.16. The lowest BCUT2D eigenvalue weighted by Gasteiger charge is -2.07. The van der Waals surface area contributed by atoms with E-state index in [1.165, 1.54) is 0 Å². The van der Waals surface area contributed by atoms with Gasteiger partial charge in [-0.2, -0.15) is 5.10 Å². The monoisotopic (exact) mass is 328 g/mol. The fourth-order valence-corrected chi connectivity index (χ4v) is 2.66. The van der Waals surface area contributed by atoms with E-state index in [-0.39, 0.29) is 0 Å². The van der Waals surface area contributed by atoms with Gasteiger partial charge < -0.3 is 5.73 Å². The molecule has 2 heterocycles. The first kappa shape index (κ1) is 13.4. The number of halogens is 2. The van der Waals surface area contributed by atoms with Crippen LogP contribution in [0.25, 0.3) is 5.82 Å². The molecule has 0 radical (unpaired) electrons. The summed E-state index contributed by atoms with van der Waals surface area (Å²) in [6.45, 7) is 4.08. The molecule has 0 unspecified atom stereocenters. The van der Waals surface area contributed by atoms with Crippen molar-refractivity contribution in [2.24, 2.45) is 0 Å². The number of pyridine rings is 1. The first-order valence-electron chi connectivity index (χ1n) is 5.76. The Morgan fingerprint density at radius 2 is 2.11 bits per heavy atom. The highest BCUT2D eigenvalue weighted by Crippen LogP contribution is 2.27. The Balaban J connectivity index is 2.63. The van der Waals surface area contributed by atoms with Gasteiger partial charge in [0.05, 0.1) is 26.6 Å². The Hall–Kier alpha value is -1.07. The van der Waals surface area contributed by atoms with Crippen LogP contribution < -0.4 is 5.73 Å². The van der Waals surface area contributed by atoms with Crippen molar-refractivity contribution in [2.45, 2.75) is 26.7 Å². The molecule has 4 nitrogen and oxygen atoms in total. The van der Waals surface area contributed by atoms with Gasteiger partial charge in [0.1, 0.15) is 0 Å². The van der Waals surface area contributed by atoms with E-state index in [9.17, 15) is 0 Å². The van der Waals surface area contributed by atoms with E-state index in [4.69, 9.17) is 17.3 Å². The van der Waals surface area contributed by atoms with E-state index in [2.05, 4.69) is 26.0 Å². The maximum Gasteiger partial charge on any atom is 0.168 e. The average molecular weight is 330 g/mol. The Morgan fingerprint density at radius 3 is 2.67 bits per heavy atom. The Bertz CT molecular complexity index is 580. The third-order valence-corrected chi connectivity index (χ3v) is 3.55. The molecule has 2 aromatic heterocycles. The van der Waals surface area contributed by atoms with Gasteiger partial charge >= 0.3 is 0 Å². The van der Waals surface area contributed by atoms with Crippen molar-refractivity contribution in [3.63, 3.8) is 0 Å². The predicted octanol–water partition coefficient (Wildman–Crippen LogP) is 3.39. The molecule has 0 bridgehead atoms. The third-order valence-electron chi connectivity index (χ3n) is 2.76. The van der Waals surface area contributed by atoms with Gasteiger partial charge in [0.2, 0.25) is 0 Å². The van der Waals surface area contributed by atoms with Crippen LogP contribution in [0.3, 0.4) is 0 Å². The van der Waals surface area contributed by atoms with E-state index in [0.717, 1.165) is 34.4 Å². The molecule has 2 aromatic rings. The number of hydrogen-bond donors (Lipinski definition) is 1. The predicted molar refractivity (Wildman–Crippen MR) is 77.2 cm³/mol. The lowest BCUT2D eigenvalue weighted by Crippen LogP contribution is -2.05. The van der Waals surface area contributed by atoms with Gasteiger partial charge in [-0.05, 0) is 34.8 Å². The van der Waals surface area contributed by atoms with Gasteiger partial charge in [0.15, 0.2) is 5.82 Å². The quantitative estimate of drug-likeness (QED) is 0.939. The van der Waals surface area contributed by atoms with Crippen molar-refractivity contribution in [3.8, 4) is 5.82 Å². The maximum atomic E-state index is 6.09. The molecule has 0 aliphatic carbocycles. The highest BCUT2D eigenvalue weighted by atomic mass is 79.9. The summed E-state index contributed by atoms with van der Waals surface area (Å²) in [6.07, 6.45) is 3.21. The SMILES string of the molecule is CCc1nn(-c2ncc(Cl)cc2Br)c(CC)c1N. The van der Waals surface area contributed by atoms with E-state index in [0.29, 0.717) is 10.8 Å². The molecular weight excluding hydrogens is 316 g/mol. The minimum Gasteiger partial charge on any atom is -0.396 e. The number of anilines is 1.